The second kappa shape index (κ2) is 6.11. The van der Waals surface area contributed by atoms with Gasteiger partial charge in [0, 0.05) is 6.54 Å². The molecule has 3 heteroatoms. The van der Waals surface area contributed by atoms with Crippen LogP contribution in [0.4, 0.5) is 0 Å². The van der Waals surface area contributed by atoms with E-state index in [-0.39, 0.29) is 5.92 Å². The highest BCUT2D eigenvalue weighted by Gasteiger charge is 2.24. The summed E-state index contributed by atoms with van der Waals surface area (Å²) in [7, 11) is 0. The van der Waals surface area contributed by atoms with Gasteiger partial charge in [-0.2, -0.15) is 0 Å². The molecule has 0 radical (unpaired) electrons. The molecule has 15 heavy (non-hydrogen) atoms. The lowest BCUT2D eigenvalue weighted by Gasteiger charge is -2.30. The lowest BCUT2D eigenvalue weighted by atomic mass is 9.98. The topological polar surface area (TPSA) is 40.5 Å². The standard InChI is InChI=1S/C12H23NO2/c1-10(2)5-3-7-13-8-4-6-11(9-13)12(14)15/h10-11H,3-9H2,1-2H3,(H,14,15). The predicted octanol–water partition coefficient (Wildman–Crippen LogP) is 2.22. The van der Waals surface area contributed by atoms with Gasteiger partial charge in [-0.15, -0.1) is 0 Å². The fourth-order valence-electron chi connectivity index (χ4n) is 2.18. The Hall–Kier alpha value is -0.570. The van der Waals surface area contributed by atoms with Crippen molar-refractivity contribution < 1.29 is 9.90 Å². The first-order chi connectivity index (χ1) is 7.09. The predicted molar refractivity (Wildman–Crippen MR) is 60.9 cm³/mol. The van der Waals surface area contributed by atoms with E-state index in [0.717, 1.165) is 38.4 Å². The number of likely N-dealkylation sites (tertiary alicyclic amines) is 1. The van der Waals surface area contributed by atoms with Crippen molar-refractivity contribution in [2.75, 3.05) is 19.6 Å². The van der Waals surface area contributed by atoms with Crippen LogP contribution in [0.25, 0.3) is 0 Å². The van der Waals surface area contributed by atoms with E-state index >= 15 is 0 Å². The van der Waals surface area contributed by atoms with Gasteiger partial charge in [-0.05, 0) is 44.7 Å². The summed E-state index contributed by atoms with van der Waals surface area (Å²) in [5.74, 6) is 0.00595. The second-order valence-electron chi connectivity index (χ2n) is 5.01. The summed E-state index contributed by atoms with van der Waals surface area (Å²) in [6.45, 7) is 7.38. The Labute approximate surface area is 92.5 Å². The fourth-order valence-corrected chi connectivity index (χ4v) is 2.18. The normalized spacial score (nSPS) is 23.3. The molecule has 0 aromatic carbocycles. The van der Waals surface area contributed by atoms with Gasteiger partial charge in [-0.3, -0.25) is 4.79 Å². The van der Waals surface area contributed by atoms with Gasteiger partial charge >= 0.3 is 5.97 Å². The van der Waals surface area contributed by atoms with Crippen molar-refractivity contribution in [1.82, 2.24) is 4.90 Å². The molecule has 1 saturated heterocycles. The van der Waals surface area contributed by atoms with Crippen molar-refractivity contribution in [3.8, 4) is 0 Å². The lowest BCUT2D eigenvalue weighted by Crippen LogP contribution is -2.39. The van der Waals surface area contributed by atoms with Crippen LogP contribution in [-0.2, 0) is 4.79 Å². The lowest BCUT2D eigenvalue weighted by molar-refractivity contribution is -0.143. The first-order valence-corrected chi connectivity index (χ1v) is 6.04. The summed E-state index contributed by atoms with van der Waals surface area (Å²) < 4.78 is 0. The molecular weight excluding hydrogens is 190 g/mol. The number of hydrogen-bond acceptors (Lipinski definition) is 2. The number of rotatable bonds is 5. The molecule has 88 valence electrons. The van der Waals surface area contributed by atoms with Crippen LogP contribution in [0.3, 0.4) is 0 Å². The Kier molecular flexibility index (Phi) is 5.09. The molecule has 1 N–H and O–H groups in total. The Morgan fingerprint density at radius 3 is 2.87 bits per heavy atom. The van der Waals surface area contributed by atoms with Crippen molar-refractivity contribution >= 4 is 5.97 Å². The quantitative estimate of drug-likeness (QED) is 0.761. The van der Waals surface area contributed by atoms with E-state index in [2.05, 4.69) is 18.7 Å². The number of hydrogen-bond donors (Lipinski definition) is 1. The van der Waals surface area contributed by atoms with Gasteiger partial charge in [-0.1, -0.05) is 13.8 Å². The third kappa shape index (κ3) is 4.65. The van der Waals surface area contributed by atoms with Crippen molar-refractivity contribution in [2.45, 2.75) is 39.5 Å². The molecule has 0 bridgehead atoms. The molecule has 0 spiro atoms. The molecule has 1 rings (SSSR count). The van der Waals surface area contributed by atoms with Crippen LogP contribution >= 0.6 is 0 Å². The minimum atomic E-state index is -0.622. The maximum absolute atomic E-state index is 10.9. The molecule has 1 unspecified atom stereocenters. The van der Waals surface area contributed by atoms with E-state index in [1.54, 1.807) is 0 Å². The zero-order chi connectivity index (χ0) is 11.3. The number of piperidine rings is 1. The van der Waals surface area contributed by atoms with Crippen LogP contribution in [-0.4, -0.2) is 35.6 Å². The second-order valence-corrected chi connectivity index (χ2v) is 5.01. The largest absolute Gasteiger partial charge is 0.481 e. The van der Waals surface area contributed by atoms with Gasteiger partial charge in [-0.25, -0.2) is 0 Å². The molecule has 0 amide bonds. The Balaban J connectivity index is 2.21. The number of carbonyl (C=O) groups is 1. The Bertz CT molecular complexity index is 204. The highest BCUT2D eigenvalue weighted by atomic mass is 16.4. The van der Waals surface area contributed by atoms with Gasteiger partial charge in [0.1, 0.15) is 0 Å². The van der Waals surface area contributed by atoms with Gasteiger partial charge < -0.3 is 10.0 Å². The summed E-state index contributed by atoms with van der Waals surface area (Å²) in [6, 6.07) is 0. The zero-order valence-electron chi connectivity index (χ0n) is 9.91. The van der Waals surface area contributed by atoms with E-state index in [9.17, 15) is 4.79 Å². The Morgan fingerprint density at radius 2 is 2.27 bits per heavy atom. The van der Waals surface area contributed by atoms with E-state index in [1.807, 2.05) is 0 Å². The van der Waals surface area contributed by atoms with Gasteiger partial charge in [0.05, 0.1) is 5.92 Å². The minimum Gasteiger partial charge on any atom is -0.481 e. The van der Waals surface area contributed by atoms with Crippen LogP contribution in [0.1, 0.15) is 39.5 Å². The van der Waals surface area contributed by atoms with Crippen molar-refractivity contribution in [3.63, 3.8) is 0 Å². The van der Waals surface area contributed by atoms with Crippen molar-refractivity contribution in [3.05, 3.63) is 0 Å². The number of carboxylic acid groups (broad SMARTS) is 1. The molecule has 0 saturated carbocycles. The maximum Gasteiger partial charge on any atom is 0.307 e. The third-order valence-corrected chi connectivity index (χ3v) is 3.11. The van der Waals surface area contributed by atoms with Gasteiger partial charge in [0.15, 0.2) is 0 Å². The smallest absolute Gasteiger partial charge is 0.307 e. The summed E-state index contributed by atoms with van der Waals surface area (Å²) in [4.78, 5) is 13.2. The third-order valence-electron chi connectivity index (χ3n) is 3.11. The van der Waals surface area contributed by atoms with Crippen molar-refractivity contribution in [2.24, 2.45) is 11.8 Å². The highest BCUT2D eigenvalue weighted by molar-refractivity contribution is 5.70. The average Bonchev–Trinajstić information content (AvgIpc) is 2.17. The summed E-state index contributed by atoms with van der Waals surface area (Å²) >= 11 is 0. The maximum atomic E-state index is 10.9. The van der Waals surface area contributed by atoms with Crippen molar-refractivity contribution in [1.29, 1.82) is 0 Å². The monoisotopic (exact) mass is 213 g/mol. The first kappa shape index (κ1) is 12.5. The number of nitrogens with zero attached hydrogens (tertiary/aromatic N) is 1. The van der Waals surface area contributed by atoms with E-state index in [0.29, 0.717) is 0 Å². The fraction of sp³-hybridized carbons (Fsp3) is 0.917. The molecule has 0 aliphatic carbocycles. The van der Waals surface area contributed by atoms with Crippen LogP contribution in [0, 0.1) is 11.8 Å². The molecule has 0 aromatic rings. The van der Waals surface area contributed by atoms with Crippen LogP contribution in [0.5, 0.6) is 0 Å². The molecule has 1 aliphatic rings. The molecule has 1 heterocycles. The van der Waals surface area contributed by atoms with E-state index < -0.39 is 5.97 Å². The SMILES string of the molecule is CC(C)CCCN1CCCC(C(=O)O)C1. The molecule has 0 aromatic heterocycles. The highest BCUT2D eigenvalue weighted by Crippen LogP contribution is 2.17. The van der Waals surface area contributed by atoms with Crippen LogP contribution < -0.4 is 0 Å². The molecular formula is C12H23NO2. The van der Waals surface area contributed by atoms with Gasteiger partial charge in [0.2, 0.25) is 0 Å². The summed E-state index contributed by atoms with van der Waals surface area (Å²) in [5, 5.41) is 8.94. The summed E-state index contributed by atoms with van der Waals surface area (Å²) in [6.07, 6.45) is 4.34. The molecule has 3 nitrogen and oxygen atoms in total. The Morgan fingerprint density at radius 1 is 1.53 bits per heavy atom. The zero-order valence-corrected chi connectivity index (χ0v) is 9.91. The number of aliphatic carboxylic acids is 1. The summed E-state index contributed by atoms with van der Waals surface area (Å²) in [5.41, 5.74) is 0. The van der Waals surface area contributed by atoms with Crippen LogP contribution in [0.15, 0.2) is 0 Å². The van der Waals surface area contributed by atoms with Crippen LogP contribution in [0.2, 0.25) is 0 Å². The van der Waals surface area contributed by atoms with E-state index in [1.165, 1.54) is 12.8 Å². The molecule has 1 aliphatic heterocycles. The average molecular weight is 213 g/mol. The molecule has 1 fully saturated rings. The first-order valence-electron chi connectivity index (χ1n) is 6.04. The minimum absolute atomic E-state index is 0.127. The number of carboxylic acids is 1. The molecule has 1 atom stereocenters. The van der Waals surface area contributed by atoms with E-state index in [4.69, 9.17) is 5.11 Å². The van der Waals surface area contributed by atoms with Gasteiger partial charge in [0.25, 0.3) is 0 Å².